The van der Waals surface area contributed by atoms with Crippen LogP contribution in [-0.2, 0) is 14.8 Å². The average Bonchev–Trinajstić information content (AvgIpc) is 2.94. The fraction of sp³-hybridized carbons (Fsp3) is 0.385. The molecule has 0 bridgehead atoms. The van der Waals surface area contributed by atoms with Crippen molar-refractivity contribution < 1.29 is 13.2 Å². The number of amides is 1. The van der Waals surface area contributed by atoms with Gasteiger partial charge in [-0.3, -0.25) is 10.1 Å². The van der Waals surface area contributed by atoms with E-state index >= 15 is 0 Å². The Kier molecular flexibility index (Phi) is 4.02. The number of hydrogen-bond acceptors (Lipinski definition) is 7. The van der Waals surface area contributed by atoms with Crippen LogP contribution in [0.2, 0.25) is 0 Å². The van der Waals surface area contributed by atoms with E-state index in [4.69, 9.17) is 0 Å². The molecule has 2 aliphatic rings. The molecule has 0 aromatic carbocycles. The van der Waals surface area contributed by atoms with Crippen molar-refractivity contribution >= 4 is 38.2 Å². The van der Waals surface area contributed by atoms with Crippen molar-refractivity contribution in [2.45, 2.75) is 19.8 Å². The Morgan fingerprint density at radius 2 is 2.13 bits per heavy atom. The van der Waals surface area contributed by atoms with Gasteiger partial charge in [0.1, 0.15) is 10.8 Å². The summed E-state index contributed by atoms with van der Waals surface area (Å²) >= 11 is 1.33. The maximum Gasteiger partial charge on any atom is 0.258 e. The Morgan fingerprint density at radius 3 is 2.83 bits per heavy atom. The molecule has 1 amide bonds. The van der Waals surface area contributed by atoms with Gasteiger partial charge in [-0.25, -0.2) is 8.42 Å². The summed E-state index contributed by atoms with van der Waals surface area (Å²) in [6.07, 6.45) is 4.65. The van der Waals surface area contributed by atoms with Crippen molar-refractivity contribution in [3.63, 3.8) is 0 Å². The topological polar surface area (TPSA) is 105 Å². The summed E-state index contributed by atoms with van der Waals surface area (Å²) in [7, 11) is -3.40. The van der Waals surface area contributed by atoms with Crippen molar-refractivity contribution in [1.82, 2.24) is 15.1 Å². The molecule has 0 saturated carbocycles. The third-order valence-corrected chi connectivity index (χ3v) is 5.54. The van der Waals surface area contributed by atoms with Gasteiger partial charge in [-0.05, 0) is 12.2 Å². The van der Waals surface area contributed by atoms with Crippen LogP contribution in [0, 0.1) is 0 Å². The summed E-state index contributed by atoms with van der Waals surface area (Å²) in [5, 5.41) is 11.9. The molecule has 0 radical (unpaired) electrons. The second-order valence-corrected chi connectivity index (χ2v) is 8.16. The number of nitrogens with zero attached hydrogens (tertiary/aromatic N) is 4. The number of rotatable bonds is 3. The first-order valence-corrected chi connectivity index (χ1v) is 9.40. The molecule has 10 heteroatoms. The van der Waals surface area contributed by atoms with Gasteiger partial charge in [0, 0.05) is 18.7 Å². The fourth-order valence-electron chi connectivity index (χ4n) is 2.02. The molecule has 3 heterocycles. The molecule has 2 aliphatic heterocycles. The molecule has 8 nitrogen and oxygen atoms in total. The van der Waals surface area contributed by atoms with Crippen molar-refractivity contribution in [1.29, 1.82) is 0 Å². The van der Waals surface area contributed by atoms with Gasteiger partial charge >= 0.3 is 0 Å². The quantitative estimate of drug-likeness (QED) is 0.872. The Morgan fingerprint density at radius 1 is 1.35 bits per heavy atom. The van der Waals surface area contributed by atoms with E-state index in [1.807, 2.05) is 13.8 Å². The van der Waals surface area contributed by atoms with Crippen molar-refractivity contribution in [2.75, 3.05) is 17.6 Å². The first kappa shape index (κ1) is 15.8. The van der Waals surface area contributed by atoms with Crippen LogP contribution in [0.4, 0.5) is 5.13 Å². The largest absolute Gasteiger partial charge is 0.330 e. The molecule has 1 aromatic rings. The lowest BCUT2D eigenvalue weighted by Gasteiger charge is -2.26. The number of carbonyl (C=O) groups excluding carboxylic acids is 1. The third kappa shape index (κ3) is 3.48. The fourth-order valence-corrected chi connectivity index (χ4v) is 3.73. The smallest absolute Gasteiger partial charge is 0.258 e. The van der Waals surface area contributed by atoms with Crippen LogP contribution in [0.25, 0.3) is 0 Å². The lowest BCUT2D eigenvalue weighted by atomic mass is 10.2. The van der Waals surface area contributed by atoms with E-state index in [0.717, 1.165) is 5.01 Å². The van der Waals surface area contributed by atoms with Crippen LogP contribution in [0.5, 0.6) is 0 Å². The molecule has 0 spiro atoms. The molecule has 0 saturated heterocycles. The van der Waals surface area contributed by atoms with Crippen LogP contribution >= 0.6 is 11.3 Å². The molecule has 1 N–H and O–H groups in total. The van der Waals surface area contributed by atoms with Crippen molar-refractivity contribution in [2.24, 2.45) is 4.40 Å². The van der Waals surface area contributed by atoms with Gasteiger partial charge < -0.3 is 4.90 Å². The Bertz CT molecular complexity index is 836. The van der Waals surface area contributed by atoms with E-state index in [9.17, 15) is 13.2 Å². The highest BCUT2D eigenvalue weighted by Gasteiger charge is 2.25. The van der Waals surface area contributed by atoms with Gasteiger partial charge in [0.2, 0.25) is 5.13 Å². The highest BCUT2D eigenvalue weighted by atomic mass is 32.2. The Balaban J connectivity index is 1.74. The summed E-state index contributed by atoms with van der Waals surface area (Å²) in [6, 6.07) is 0. The normalized spacial score (nSPS) is 19.2. The van der Waals surface area contributed by atoms with E-state index in [0.29, 0.717) is 16.5 Å². The maximum absolute atomic E-state index is 12.3. The molecular weight excluding hydrogens is 338 g/mol. The summed E-state index contributed by atoms with van der Waals surface area (Å²) < 4.78 is 26.6. The molecule has 1 aromatic heterocycles. The highest BCUT2D eigenvalue weighted by Crippen LogP contribution is 2.23. The number of hydrogen-bond donors (Lipinski definition) is 1. The zero-order valence-electron chi connectivity index (χ0n) is 12.6. The predicted octanol–water partition coefficient (Wildman–Crippen LogP) is 1.10. The SMILES string of the molecule is CC(C)c1nnc(NC(=O)C2=CN3CCS(=O)(=O)N=C3C=C2)s1. The third-order valence-electron chi connectivity index (χ3n) is 3.24. The maximum atomic E-state index is 12.3. The zero-order valence-corrected chi connectivity index (χ0v) is 14.2. The summed E-state index contributed by atoms with van der Waals surface area (Å²) in [5.41, 5.74) is 0.407. The first-order valence-electron chi connectivity index (χ1n) is 6.98. The second-order valence-electron chi connectivity index (χ2n) is 5.40. The van der Waals surface area contributed by atoms with E-state index in [1.165, 1.54) is 23.5 Å². The molecule has 0 aliphatic carbocycles. The van der Waals surface area contributed by atoms with E-state index in [1.54, 1.807) is 11.1 Å². The van der Waals surface area contributed by atoms with Crippen molar-refractivity contribution in [3.8, 4) is 0 Å². The molecule has 3 rings (SSSR count). The van der Waals surface area contributed by atoms with Crippen LogP contribution in [0.1, 0.15) is 24.8 Å². The lowest BCUT2D eigenvalue weighted by molar-refractivity contribution is -0.112. The van der Waals surface area contributed by atoms with Gasteiger partial charge in [-0.2, -0.15) is 0 Å². The first-order chi connectivity index (χ1) is 10.8. The lowest BCUT2D eigenvalue weighted by Crippen LogP contribution is -2.37. The average molecular weight is 353 g/mol. The number of sulfonamides is 1. The second kappa shape index (κ2) is 5.85. The molecule has 23 heavy (non-hydrogen) atoms. The predicted molar refractivity (Wildman–Crippen MR) is 87.8 cm³/mol. The number of nitrogens with one attached hydrogen (secondary N) is 1. The Labute approximate surface area is 137 Å². The summed E-state index contributed by atoms with van der Waals surface area (Å²) in [5.74, 6) is 0.191. The number of fused-ring (bicyclic) bond motifs is 1. The summed E-state index contributed by atoms with van der Waals surface area (Å²) in [4.78, 5) is 13.9. The monoisotopic (exact) mass is 353 g/mol. The molecule has 0 fully saturated rings. The van der Waals surface area contributed by atoms with E-state index in [2.05, 4.69) is 19.9 Å². The van der Waals surface area contributed by atoms with Crippen LogP contribution in [0.15, 0.2) is 28.3 Å². The van der Waals surface area contributed by atoms with Gasteiger partial charge in [0.05, 0.1) is 11.3 Å². The molecule has 122 valence electrons. The molecule has 0 atom stereocenters. The minimum Gasteiger partial charge on any atom is -0.330 e. The minimum absolute atomic E-state index is 0.0656. The molecule has 0 unspecified atom stereocenters. The number of carbonyl (C=O) groups is 1. The van der Waals surface area contributed by atoms with Gasteiger partial charge in [-0.15, -0.1) is 14.6 Å². The van der Waals surface area contributed by atoms with Gasteiger partial charge in [0.15, 0.2) is 0 Å². The van der Waals surface area contributed by atoms with E-state index < -0.39 is 10.0 Å². The summed E-state index contributed by atoms with van der Waals surface area (Å²) in [6.45, 7) is 4.28. The van der Waals surface area contributed by atoms with E-state index in [-0.39, 0.29) is 24.1 Å². The standard InChI is InChI=1S/C13H15N5O3S2/c1-8(2)12-15-16-13(22-12)14-11(19)9-3-4-10-17-23(20,21)6-5-18(10)7-9/h3-4,7-8H,5-6H2,1-2H3,(H,14,16,19). The Hall–Kier alpha value is -2.07. The van der Waals surface area contributed by atoms with Crippen LogP contribution in [-0.4, -0.2) is 47.6 Å². The number of amidine groups is 1. The van der Waals surface area contributed by atoms with Crippen LogP contribution < -0.4 is 5.32 Å². The zero-order chi connectivity index (χ0) is 16.6. The van der Waals surface area contributed by atoms with Crippen molar-refractivity contribution in [3.05, 3.63) is 28.9 Å². The van der Waals surface area contributed by atoms with Gasteiger partial charge in [0.25, 0.3) is 15.9 Å². The highest BCUT2D eigenvalue weighted by molar-refractivity contribution is 7.90. The van der Waals surface area contributed by atoms with Crippen LogP contribution in [0.3, 0.4) is 0 Å². The molecular formula is C13H15N5O3S2. The minimum atomic E-state index is -3.40. The number of aromatic nitrogens is 2. The number of anilines is 1. The van der Waals surface area contributed by atoms with Gasteiger partial charge in [-0.1, -0.05) is 25.2 Å².